The van der Waals surface area contributed by atoms with Crippen molar-refractivity contribution in [2.24, 2.45) is 5.73 Å². The molecule has 0 bridgehead atoms. The Morgan fingerprint density at radius 1 is 0.830 bits per heavy atom. The molecule has 3 N–H and O–H groups in total. The summed E-state index contributed by atoms with van der Waals surface area (Å²) >= 11 is 15.0. The molecule has 1 atom stereocenters. The molecule has 0 aromatic heterocycles. The first-order valence-electron chi connectivity index (χ1n) is 16.5. The smallest absolute Gasteiger partial charge is 0.206 e. The Morgan fingerprint density at radius 3 is 1.81 bits per heavy atom. The topological polar surface area (TPSA) is 58.4 Å². The second-order valence-electron chi connectivity index (χ2n) is 11.1. The number of nitrogens with zero attached hydrogens (tertiary/aromatic N) is 1. The van der Waals surface area contributed by atoms with Crippen molar-refractivity contribution >= 4 is 41.4 Å². The van der Waals surface area contributed by atoms with Crippen LogP contribution in [0.5, 0.6) is 0 Å². The number of carbonyl (C=O) groups is 1. The normalized spacial score (nSPS) is 14.3. The van der Waals surface area contributed by atoms with Crippen molar-refractivity contribution in [3.8, 4) is 0 Å². The van der Waals surface area contributed by atoms with E-state index in [-0.39, 0.29) is 16.6 Å². The number of hydrogen-bond donors (Lipinski definition) is 2. The zero-order chi connectivity index (χ0) is 34.7. The summed E-state index contributed by atoms with van der Waals surface area (Å²) in [6, 6.07) is 37.0. The molecule has 1 heterocycles. The number of piperidine rings is 1. The van der Waals surface area contributed by atoms with Crippen molar-refractivity contribution in [2.45, 2.75) is 56.6 Å². The minimum atomic E-state index is 0.210. The minimum absolute atomic E-state index is 0.210. The fraction of sp³-hybridized carbons (Fsp3) is 0.375. The third kappa shape index (κ3) is 11.4. The number of amides is 1. The van der Waals surface area contributed by atoms with Crippen molar-refractivity contribution in [1.82, 2.24) is 10.2 Å². The lowest BCUT2D eigenvalue weighted by Gasteiger charge is -2.42. The van der Waals surface area contributed by atoms with Crippen molar-refractivity contribution in [1.29, 1.82) is 0 Å². The largest absolute Gasteiger partial charge is 0.362 e. The number of aryl methyl sites for hydroxylation is 1. The molecule has 1 aliphatic rings. The Labute approximate surface area is 298 Å². The number of hydrogen-bond acceptors (Lipinski definition) is 4. The molecule has 0 spiro atoms. The number of likely N-dealkylation sites (tertiary alicyclic amines) is 1. The lowest BCUT2D eigenvalue weighted by Crippen LogP contribution is -2.41. The van der Waals surface area contributed by atoms with E-state index < -0.39 is 0 Å². The van der Waals surface area contributed by atoms with Crippen molar-refractivity contribution in [2.75, 3.05) is 40.0 Å². The molecule has 4 aromatic carbocycles. The molecule has 7 heteroatoms. The van der Waals surface area contributed by atoms with Crippen LogP contribution in [0.3, 0.4) is 0 Å². The first kappa shape index (κ1) is 40.4. The van der Waals surface area contributed by atoms with Crippen LogP contribution < -0.4 is 11.1 Å². The quantitative estimate of drug-likeness (QED) is 0.162. The Kier molecular flexibility index (Phi) is 18.9. The van der Waals surface area contributed by atoms with Gasteiger partial charge in [0.25, 0.3) is 0 Å². The predicted molar refractivity (Wildman–Crippen MR) is 207 cm³/mol. The van der Waals surface area contributed by atoms with Gasteiger partial charge in [0, 0.05) is 17.7 Å². The van der Waals surface area contributed by atoms with Gasteiger partial charge in [0.1, 0.15) is 0 Å². The van der Waals surface area contributed by atoms with E-state index in [9.17, 15) is 0 Å². The first-order chi connectivity index (χ1) is 22.9. The molecule has 47 heavy (non-hydrogen) atoms. The fourth-order valence-corrected chi connectivity index (χ4v) is 7.72. The second kappa shape index (κ2) is 22.0. The summed E-state index contributed by atoms with van der Waals surface area (Å²) in [4.78, 5) is 11.7. The van der Waals surface area contributed by atoms with Gasteiger partial charge < -0.3 is 16.0 Å². The van der Waals surface area contributed by atoms with E-state index in [2.05, 4.69) is 126 Å². The summed E-state index contributed by atoms with van der Waals surface area (Å²) in [5.41, 5.74) is 11.3. The minimum Gasteiger partial charge on any atom is -0.362 e. The molecule has 1 unspecified atom stereocenters. The van der Waals surface area contributed by atoms with Crippen molar-refractivity contribution < 1.29 is 4.79 Å². The Balaban J connectivity index is 0.000000878. The number of benzene rings is 4. The summed E-state index contributed by atoms with van der Waals surface area (Å²) in [5, 5.41) is 3.48. The van der Waals surface area contributed by atoms with Crippen LogP contribution in [0.4, 0.5) is 0 Å². The van der Waals surface area contributed by atoms with Crippen LogP contribution in [0.15, 0.2) is 103 Å². The van der Waals surface area contributed by atoms with Crippen LogP contribution in [0.2, 0.25) is 10.0 Å². The maximum absolute atomic E-state index is 9.06. The molecular weight excluding hydrogens is 641 g/mol. The van der Waals surface area contributed by atoms with Gasteiger partial charge in [-0.15, -0.1) is 0 Å². The number of halogens is 2. The van der Waals surface area contributed by atoms with E-state index in [0.29, 0.717) is 16.5 Å². The highest BCUT2D eigenvalue weighted by Crippen LogP contribution is 2.46. The molecule has 254 valence electrons. The van der Waals surface area contributed by atoms with Crippen molar-refractivity contribution in [3.63, 3.8) is 0 Å². The Morgan fingerprint density at radius 2 is 1.34 bits per heavy atom. The highest BCUT2D eigenvalue weighted by atomic mass is 35.5. The molecule has 4 aromatic rings. The van der Waals surface area contributed by atoms with Crippen molar-refractivity contribution in [3.05, 3.63) is 141 Å². The van der Waals surface area contributed by atoms with E-state index in [1.807, 2.05) is 31.7 Å². The predicted octanol–water partition coefficient (Wildman–Crippen LogP) is 9.93. The monoisotopic (exact) mass is 693 g/mol. The maximum atomic E-state index is 9.06. The highest BCUT2D eigenvalue weighted by molar-refractivity contribution is 7.99. The van der Waals surface area contributed by atoms with Gasteiger partial charge in [-0.3, -0.25) is 4.79 Å². The van der Waals surface area contributed by atoms with Gasteiger partial charge in [0.2, 0.25) is 6.41 Å². The van der Waals surface area contributed by atoms with Gasteiger partial charge in [0.05, 0.1) is 10.0 Å². The van der Waals surface area contributed by atoms with Crippen LogP contribution in [0.25, 0.3) is 0 Å². The number of rotatable bonds is 10. The number of carbonyl (C=O) groups excluding carboxylic acids is 1. The molecule has 1 amide bonds. The summed E-state index contributed by atoms with van der Waals surface area (Å²) in [6.45, 7) is 9.54. The molecule has 5 rings (SSSR count). The van der Waals surface area contributed by atoms with E-state index in [1.54, 1.807) is 7.05 Å². The van der Waals surface area contributed by atoms with E-state index in [1.165, 1.54) is 47.7 Å². The number of nitrogens with two attached hydrogens (primary N) is 1. The molecule has 0 radical (unpaired) electrons. The van der Waals surface area contributed by atoms with Gasteiger partial charge >= 0.3 is 0 Å². The molecule has 0 saturated carbocycles. The highest BCUT2D eigenvalue weighted by Gasteiger charge is 2.37. The lowest BCUT2D eigenvalue weighted by atomic mass is 9.75. The van der Waals surface area contributed by atoms with Crippen LogP contribution >= 0.6 is 35.0 Å². The summed E-state index contributed by atoms with van der Waals surface area (Å²) in [5.74, 6) is 0.500. The van der Waals surface area contributed by atoms with Crippen LogP contribution in [0.1, 0.15) is 72.8 Å². The Hall–Kier alpha value is -2.80. The van der Waals surface area contributed by atoms with Crippen LogP contribution in [-0.4, -0.2) is 51.3 Å². The molecule has 1 saturated heterocycles. The SMILES string of the molecule is CC.CN.CNC=O.CSC1(c2ccccc2C)CCN(CCC(c2ccc(Cl)c(Cl)c2)C(c2ccccc2)c2ccccc2)CC1. The third-order valence-corrected chi connectivity index (χ3v) is 10.8. The van der Waals surface area contributed by atoms with E-state index >= 15 is 0 Å². The summed E-state index contributed by atoms with van der Waals surface area (Å²) in [6.07, 6.45) is 6.31. The van der Waals surface area contributed by atoms with Gasteiger partial charge in [-0.1, -0.05) is 128 Å². The molecule has 4 nitrogen and oxygen atoms in total. The number of thioether (sulfide) groups is 1. The molecule has 0 aliphatic carbocycles. The van der Waals surface area contributed by atoms with Gasteiger partial charge in [0.15, 0.2) is 0 Å². The van der Waals surface area contributed by atoms with E-state index in [4.69, 9.17) is 28.0 Å². The Bertz CT molecular complexity index is 1390. The third-order valence-electron chi connectivity index (χ3n) is 8.66. The first-order valence-corrected chi connectivity index (χ1v) is 18.5. The average Bonchev–Trinajstić information content (AvgIpc) is 3.14. The fourth-order valence-electron chi connectivity index (χ4n) is 6.37. The van der Waals surface area contributed by atoms with Crippen LogP contribution in [0, 0.1) is 6.92 Å². The van der Waals surface area contributed by atoms with E-state index in [0.717, 1.165) is 26.1 Å². The molecule has 1 aliphatic heterocycles. The molecular formula is C40H53Cl2N3OS. The average molecular weight is 695 g/mol. The summed E-state index contributed by atoms with van der Waals surface area (Å²) < 4.78 is 0.210. The second-order valence-corrected chi connectivity index (χ2v) is 13.1. The standard InChI is InChI=1S/C35H37Cl2NS.C2H5NO.C2H6.CH5N/c1-26-11-9-10-16-31(26)35(39-2)20-23-38(24-21-35)22-19-30(29-17-18-32(36)33(37)25-29)34(27-12-5-3-6-13-27)28-14-7-4-8-15-28;1-3-2-4;2*1-2/h3-18,25,30,34H,19-24H2,1-2H3;2H,1H3,(H,3,4);1-2H3;2H2,1H3. The zero-order valence-electron chi connectivity index (χ0n) is 28.9. The van der Waals surface area contributed by atoms with Gasteiger partial charge in [-0.2, -0.15) is 11.8 Å². The lowest BCUT2D eigenvalue weighted by molar-refractivity contribution is -0.109. The van der Waals surface area contributed by atoms with Crippen LogP contribution in [-0.2, 0) is 9.54 Å². The molecule has 1 fully saturated rings. The summed E-state index contributed by atoms with van der Waals surface area (Å²) in [7, 11) is 3.06. The maximum Gasteiger partial charge on any atom is 0.206 e. The zero-order valence-corrected chi connectivity index (χ0v) is 31.2. The van der Waals surface area contributed by atoms with Gasteiger partial charge in [-0.25, -0.2) is 0 Å². The number of nitrogens with one attached hydrogen (secondary N) is 1. The van der Waals surface area contributed by atoms with Gasteiger partial charge in [-0.05, 0) is 105 Å².